The van der Waals surface area contributed by atoms with Gasteiger partial charge in [-0.25, -0.2) is 4.98 Å². The maximum atomic E-state index is 12.4. The lowest BCUT2D eigenvalue weighted by atomic mass is 9.99. The first-order valence-corrected chi connectivity index (χ1v) is 10.1. The van der Waals surface area contributed by atoms with E-state index in [1.165, 1.54) is 12.8 Å². The van der Waals surface area contributed by atoms with Gasteiger partial charge in [0, 0.05) is 35.8 Å². The topological polar surface area (TPSA) is 45.2 Å². The average molecular weight is 370 g/mol. The molecule has 4 nitrogen and oxygen atoms in total. The van der Waals surface area contributed by atoms with Crippen molar-refractivity contribution in [2.24, 2.45) is 5.92 Å². The van der Waals surface area contributed by atoms with Gasteiger partial charge in [0.05, 0.1) is 0 Å². The minimum Gasteiger partial charge on any atom is -0.350 e. The van der Waals surface area contributed by atoms with E-state index in [4.69, 9.17) is 0 Å². The van der Waals surface area contributed by atoms with Crippen LogP contribution in [0.25, 0.3) is 0 Å². The molecule has 26 heavy (non-hydrogen) atoms. The molecule has 2 aromatic rings. The van der Waals surface area contributed by atoms with E-state index in [-0.39, 0.29) is 5.91 Å². The van der Waals surface area contributed by atoms with Gasteiger partial charge in [-0.15, -0.1) is 0 Å². The highest BCUT2D eigenvalue weighted by Crippen LogP contribution is 2.25. The van der Waals surface area contributed by atoms with E-state index < -0.39 is 0 Å². The number of nitrogens with one attached hydrogen (secondary N) is 1. The zero-order valence-corrected chi connectivity index (χ0v) is 16.3. The lowest BCUT2D eigenvalue weighted by Gasteiger charge is -2.35. The molecule has 1 saturated heterocycles. The highest BCUT2D eigenvalue weighted by Gasteiger charge is 2.21. The van der Waals surface area contributed by atoms with Crippen LogP contribution in [0.15, 0.2) is 58.6 Å². The third-order valence-corrected chi connectivity index (χ3v) is 5.80. The molecular formula is C21H27N3OS. The van der Waals surface area contributed by atoms with Crippen LogP contribution in [-0.4, -0.2) is 41.5 Å². The minimum atomic E-state index is -0.00343. The molecule has 1 aromatic heterocycles. The first-order chi connectivity index (χ1) is 12.6. The Morgan fingerprint density at radius 1 is 1.31 bits per heavy atom. The highest BCUT2D eigenvalue weighted by atomic mass is 32.2. The van der Waals surface area contributed by atoms with Crippen LogP contribution >= 0.6 is 11.8 Å². The number of aromatic nitrogens is 1. The van der Waals surface area contributed by atoms with E-state index in [2.05, 4.69) is 29.0 Å². The molecule has 2 atom stereocenters. The van der Waals surface area contributed by atoms with Gasteiger partial charge < -0.3 is 5.32 Å². The van der Waals surface area contributed by atoms with E-state index in [1.807, 2.05) is 42.5 Å². The molecule has 1 aliphatic heterocycles. The summed E-state index contributed by atoms with van der Waals surface area (Å²) in [6.07, 6.45) is 4.36. The highest BCUT2D eigenvalue weighted by molar-refractivity contribution is 7.99. The van der Waals surface area contributed by atoms with E-state index in [9.17, 15) is 4.79 Å². The average Bonchev–Trinajstić information content (AvgIpc) is 2.67. The van der Waals surface area contributed by atoms with Crippen LogP contribution < -0.4 is 5.32 Å². The molecule has 0 aliphatic carbocycles. The van der Waals surface area contributed by atoms with Crippen molar-refractivity contribution in [3.8, 4) is 0 Å². The minimum absolute atomic E-state index is 0.00343. The summed E-state index contributed by atoms with van der Waals surface area (Å²) in [6, 6.07) is 14.0. The molecule has 138 valence electrons. The first-order valence-electron chi connectivity index (χ1n) is 9.33. The second-order valence-electron chi connectivity index (χ2n) is 7.10. The van der Waals surface area contributed by atoms with E-state index in [0.717, 1.165) is 28.9 Å². The maximum absolute atomic E-state index is 12.4. The predicted molar refractivity (Wildman–Crippen MR) is 107 cm³/mol. The lowest BCUT2D eigenvalue weighted by Crippen LogP contribution is -2.46. The molecule has 0 spiro atoms. The van der Waals surface area contributed by atoms with Gasteiger partial charge in [-0.3, -0.25) is 9.69 Å². The fourth-order valence-electron chi connectivity index (χ4n) is 3.30. The monoisotopic (exact) mass is 369 g/mol. The number of likely N-dealkylation sites (tertiary alicyclic amines) is 1. The third kappa shape index (κ3) is 5.32. The first kappa shape index (κ1) is 18.9. The van der Waals surface area contributed by atoms with Gasteiger partial charge >= 0.3 is 0 Å². The molecule has 1 fully saturated rings. The molecule has 1 amide bonds. The normalized spacial score (nSPS) is 19.1. The molecule has 2 heterocycles. The van der Waals surface area contributed by atoms with Crippen molar-refractivity contribution in [2.45, 2.75) is 42.7 Å². The summed E-state index contributed by atoms with van der Waals surface area (Å²) in [7, 11) is 0. The van der Waals surface area contributed by atoms with Gasteiger partial charge in [-0.1, -0.05) is 24.8 Å². The quantitative estimate of drug-likeness (QED) is 0.833. The van der Waals surface area contributed by atoms with Crippen molar-refractivity contribution in [3.63, 3.8) is 0 Å². The van der Waals surface area contributed by atoms with Crippen LogP contribution in [-0.2, 0) is 0 Å². The van der Waals surface area contributed by atoms with Gasteiger partial charge in [0.25, 0.3) is 5.91 Å². The van der Waals surface area contributed by atoms with Gasteiger partial charge in [0.15, 0.2) is 0 Å². The van der Waals surface area contributed by atoms with Crippen LogP contribution in [0.1, 0.15) is 37.0 Å². The number of pyridine rings is 1. The van der Waals surface area contributed by atoms with Crippen molar-refractivity contribution < 1.29 is 4.79 Å². The summed E-state index contributed by atoms with van der Waals surface area (Å²) >= 11 is 1.60. The Morgan fingerprint density at radius 3 is 2.81 bits per heavy atom. The van der Waals surface area contributed by atoms with Crippen LogP contribution in [0, 0.1) is 5.92 Å². The van der Waals surface area contributed by atoms with Crippen LogP contribution in [0.2, 0.25) is 0 Å². The Balaban J connectivity index is 1.50. The smallest absolute Gasteiger partial charge is 0.251 e. The summed E-state index contributed by atoms with van der Waals surface area (Å²) in [5, 5.41) is 4.03. The molecule has 5 heteroatoms. The largest absolute Gasteiger partial charge is 0.350 e. The molecule has 0 saturated carbocycles. The van der Waals surface area contributed by atoms with Crippen molar-refractivity contribution in [2.75, 3.05) is 19.6 Å². The second kappa shape index (κ2) is 9.19. The van der Waals surface area contributed by atoms with Gasteiger partial charge in [-0.05, 0) is 68.6 Å². The number of rotatable bonds is 6. The number of nitrogens with zero attached hydrogens (tertiary/aromatic N) is 2. The number of amides is 1. The van der Waals surface area contributed by atoms with Crippen molar-refractivity contribution in [1.82, 2.24) is 15.2 Å². The number of carbonyl (C=O) groups is 1. The SMILES string of the molecule is CC1CCCN(C(C)CNC(=O)c2ccc(Sc3ccccn3)cc2)C1. The Bertz CT molecular complexity index is 705. The molecule has 3 rings (SSSR count). The van der Waals surface area contributed by atoms with Gasteiger partial charge in [0.1, 0.15) is 5.03 Å². The summed E-state index contributed by atoms with van der Waals surface area (Å²) < 4.78 is 0. The predicted octanol–water partition coefficient (Wildman–Crippen LogP) is 4.08. The number of benzene rings is 1. The molecule has 2 unspecified atom stereocenters. The molecule has 1 N–H and O–H groups in total. The zero-order valence-electron chi connectivity index (χ0n) is 15.5. The van der Waals surface area contributed by atoms with Crippen molar-refractivity contribution >= 4 is 17.7 Å². The van der Waals surface area contributed by atoms with Crippen molar-refractivity contribution in [3.05, 3.63) is 54.2 Å². The van der Waals surface area contributed by atoms with Crippen LogP contribution in [0.5, 0.6) is 0 Å². The standard InChI is InChI=1S/C21H27N3OS/c1-16-6-5-13-24(15-16)17(2)14-23-21(25)18-8-10-19(11-9-18)26-20-7-3-4-12-22-20/h3-4,7-12,16-17H,5-6,13-15H2,1-2H3,(H,23,25). The summed E-state index contributed by atoms with van der Waals surface area (Å²) in [6.45, 7) is 7.47. The molecule has 0 radical (unpaired) electrons. The lowest BCUT2D eigenvalue weighted by molar-refractivity contribution is 0.0917. The van der Waals surface area contributed by atoms with E-state index in [1.54, 1.807) is 18.0 Å². The fourth-order valence-corrected chi connectivity index (χ4v) is 4.07. The van der Waals surface area contributed by atoms with Gasteiger partial charge in [0.2, 0.25) is 0 Å². The van der Waals surface area contributed by atoms with Crippen LogP contribution in [0.4, 0.5) is 0 Å². The molecule has 0 bridgehead atoms. The van der Waals surface area contributed by atoms with E-state index >= 15 is 0 Å². The Morgan fingerprint density at radius 2 is 2.12 bits per heavy atom. The third-order valence-electron chi connectivity index (χ3n) is 4.85. The summed E-state index contributed by atoms with van der Waals surface area (Å²) in [4.78, 5) is 20.3. The Labute approximate surface area is 160 Å². The second-order valence-corrected chi connectivity index (χ2v) is 8.19. The number of hydrogen-bond donors (Lipinski definition) is 1. The summed E-state index contributed by atoms with van der Waals surface area (Å²) in [5.41, 5.74) is 0.703. The molecule has 1 aliphatic rings. The Kier molecular flexibility index (Phi) is 6.69. The summed E-state index contributed by atoms with van der Waals surface area (Å²) in [5.74, 6) is 0.752. The maximum Gasteiger partial charge on any atom is 0.251 e. The van der Waals surface area contributed by atoms with Crippen molar-refractivity contribution in [1.29, 1.82) is 0 Å². The number of carbonyl (C=O) groups excluding carboxylic acids is 1. The number of hydrogen-bond acceptors (Lipinski definition) is 4. The zero-order chi connectivity index (χ0) is 18.4. The molecular weight excluding hydrogens is 342 g/mol. The van der Waals surface area contributed by atoms with Gasteiger partial charge in [-0.2, -0.15) is 0 Å². The van der Waals surface area contributed by atoms with Crippen LogP contribution in [0.3, 0.4) is 0 Å². The van der Waals surface area contributed by atoms with E-state index in [0.29, 0.717) is 18.2 Å². The Hall–Kier alpha value is -1.85. The molecule has 1 aromatic carbocycles. The number of piperidine rings is 1. The fraction of sp³-hybridized carbons (Fsp3) is 0.429.